The van der Waals surface area contributed by atoms with Crippen molar-refractivity contribution in [3.8, 4) is 0 Å². The highest BCUT2D eigenvalue weighted by Crippen LogP contribution is 2.28. The van der Waals surface area contributed by atoms with Gasteiger partial charge in [0.2, 0.25) is 0 Å². The Labute approximate surface area is 652 Å². The number of hydrogen-bond acceptors (Lipinski definition) is 16. The van der Waals surface area contributed by atoms with E-state index in [-0.39, 0.29) is 112 Å². The highest BCUT2D eigenvalue weighted by molar-refractivity contribution is 5.99. The summed E-state index contributed by atoms with van der Waals surface area (Å²) in [6, 6.07) is 57.0. The number of nitrogens with zero attached hydrogens (tertiary/aromatic N) is 6. The van der Waals surface area contributed by atoms with Crippen LogP contribution in [0.3, 0.4) is 0 Å². The molecule has 3 fully saturated rings. The van der Waals surface area contributed by atoms with E-state index >= 15 is 0 Å². The lowest BCUT2D eigenvalue weighted by atomic mass is 10.0. The summed E-state index contributed by atoms with van der Waals surface area (Å²) in [4.78, 5) is 113. The molecule has 0 radical (unpaired) electrons. The molecule has 0 bridgehead atoms. The lowest BCUT2D eigenvalue weighted by molar-refractivity contribution is -0.144. The van der Waals surface area contributed by atoms with E-state index < -0.39 is 17.9 Å². The van der Waals surface area contributed by atoms with Crippen molar-refractivity contribution >= 4 is 101 Å². The third kappa shape index (κ3) is 20.7. The van der Waals surface area contributed by atoms with Crippen LogP contribution >= 0.6 is 0 Å². The first-order valence-electron chi connectivity index (χ1n) is 37.9. The molecule has 0 aliphatic carbocycles. The van der Waals surface area contributed by atoms with Crippen molar-refractivity contribution in [3.63, 3.8) is 0 Å². The van der Waals surface area contributed by atoms with Gasteiger partial charge in [0.25, 0.3) is 11.8 Å². The van der Waals surface area contributed by atoms with Gasteiger partial charge in [-0.15, -0.1) is 0 Å². The number of rotatable bonds is 25. The average molecular weight is 1540 g/mol. The summed E-state index contributed by atoms with van der Waals surface area (Å²) in [5, 5.41) is 37.9. The number of nitrogens with two attached hydrogens (primary N) is 1. The van der Waals surface area contributed by atoms with Crippen molar-refractivity contribution in [2.45, 2.75) is 137 Å². The van der Waals surface area contributed by atoms with Crippen LogP contribution in [0.15, 0.2) is 196 Å². The van der Waals surface area contributed by atoms with Gasteiger partial charge in [0.05, 0.1) is 109 Å². The number of amides is 2. The van der Waals surface area contributed by atoms with Gasteiger partial charge in [0, 0.05) is 77.3 Å². The summed E-state index contributed by atoms with van der Waals surface area (Å²) < 4.78 is 35.8. The Morgan fingerprint density at radius 3 is 1.07 bits per heavy atom. The third-order valence-corrected chi connectivity index (χ3v) is 20.0. The van der Waals surface area contributed by atoms with Crippen molar-refractivity contribution in [2.24, 2.45) is 5.73 Å². The van der Waals surface area contributed by atoms with Crippen molar-refractivity contribution < 1.29 is 67.8 Å². The number of benzene rings is 9. The Morgan fingerprint density at radius 1 is 0.425 bits per heavy atom. The van der Waals surface area contributed by atoms with Crippen LogP contribution in [-0.2, 0) is 77.3 Å². The first-order chi connectivity index (χ1) is 54.5. The molecule has 15 rings (SSSR count). The summed E-state index contributed by atoms with van der Waals surface area (Å²) in [7, 11) is 1.00. The highest BCUT2D eigenvalue weighted by Gasteiger charge is 2.25. The van der Waals surface area contributed by atoms with E-state index in [1.54, 1.807) is 68.5 Å². The summed E-state index contributed by atoms with van der Waals surface area (Å²) in [5.74, 6) is -3.30. The van der Waals surface area contributed by atoms with Gasteiger partial charge in [-0.25, -0.2) is 19.2 Å². The maximum Gasteiger partial charge on any atom is 0.335 e. The lowest BCUT2D eigenvalue weighted by Crippen LogP contribution is -2.31. The van der Waals surface area contributed by atoms with Crippen molar-refractivity contribution in [2.75, 3.05) is 59.8 Å². The number of aliphatic carboxylic acids is 1. The van der Waals surface area contributed by atoms with Crippen LogP contribution in [0.5, 0.6) is 0 Å². The topological polar surface area (TPSA) is 340 Å². The quantitative estimate of drug-likeness (QED) is 0.0290. The number of carboxylic acid groups (broad SMARTS) is 2. The minimum atomic E-state index is -1.08. The maximum atomic E-state index is 13.6. The molecule has 3 aromatic heterocycles. The van der Waals surface area contributed by atoms with Crippen LogP contribution in [0.25, 0.3) is 65.4 Å². The number of carboxylic acids is 2. The van der Waals surface area contributed by atoms with Crippen LogP contribution in [0.2, 0.25) is 0 Å². The molecule has 113 heavy (non-hydrogen) atoms. The summed E-state index contributed by atoms with van der Waals surface area (Å²) >= 11 is 0. The van der Waals surface area contributed by atoms with Crippen LogP contribution in [0.4, 0.5) is 0 Å². The van der Waals surface area contributed by atoms with E-state index in [1.165, 1.54) is 27.7 Å². The van der Waals surface area contributed by atoms with E-state index in [2.05, 4.69) is 10.6 Å². The van der Waals surface area contributed by atoms with Crippen LogP contribution in [0.1, 0.15) is 127 Å². The third-order valence-electron chi connectivity index (χ3n) is 20.0. The molecule has 12 aromatic rings. The van der Waals surface area contributed by atoms with E-state index in [0.717, 1.165) is 101 Å². The second-order valence-corrected chi connectivity index (χ2v) is 27.2. The second-order valence-electron chi connectivity index (χ2n) is 27.2. The molecule has 3 aliphatic heterocycles. The lowest BCUT2D eigenvalue weighted by Gasteiger charge is -2.11. The predicted octanol–water partition coefficient (Wildman–Crippen LogP) is 11.3. The van der Waals surface area contributed by atoms with Gasteiger partial charge in [-0.3, -0.25) is 51.4 Å². The molecule has 3 atom stereocenters. The van der Waals surface area contributed by atoms with E-state index in [0.29, 0.717) is 96.2 Å². The molecule has 0 spiro atoms. The maximum absolute atomic E-state index is 13.6. The monoisotopic (exact) mass is 1540 g/mol. The Bertz CT molecular complexity index is 5500. The molecule has 2 amide bonds. The fourth-order valence-corrected chi connectivity index (χ4v) is 14.4. The molecule has 7 N–H and O–H groups in total. The minimum Gasteiger partial charge on any atom is -0.481 e. The fourth-order valence-electron chi connectivity index (χ4n) is 14.4. The van der Waals surface area contributed by atoms with Crippen LogP contribution in [-0.4, -0.2) is 157 Å². The van der Waals surface area contributed by atoms with Gasteiger partial charge in [0.1, 0.15) is 0 Å². The Morgan fingerprint density at radius 2 is 0.752 bits per heavy atom. The molecule has 26 heteroatoms. The number of aromatic carboxylic acids is 1. The normalized spacial score (nSPS) is 14.9. The molecular formula is C87H99N9O17. The molecular weight excluding hydrogens is 1440 g/mol. The summed E-state index contributed by atoms with van der Waals surface area (Å²) in [6.07, 6.45) is 6.55. The van der Waals surface area contributed by atoms with Gasteiger partial charge in [-0.1, -0.05) is 135 Å². The number of carbonyl (C=O) groups excluding carboxylic acids is 4. The number of aliphatic hydroxyl groups is 1. The highest BCUT2D eigenvalue weighted by atomic mass is 16.5. The molecule has 3 aliphatic rings. The number of imidazole rings is 3. The van der Waals surface area contributed by atoms with Crippen LogP contribution in [0, 0.1) is 0 Å². The number of esters is 2. The predicted molar refractivity (Wildman–Crippen MR) is 435 cm³/mol. The van der Waals surface area contributed by atoms with Gasteiger partial charge < -0.3 is 55.4 Å². The van der Waals surface area contributed by atoms with Gasteiger partial charge in [-0.05, 0) is 156 Å². The first kappa shape index (κ1) is 83.7. The first-order valence-corrected chi connectivity index (χ1v) is 37.9. The minimum absolute atomic E-state index is 0. The Balaban J connectivity index is 0.000000170. The zero-order chi connectivity index (χ0) is 79.2. The smallest absolute Gasteiger partial charge is 0.335 e. The number of ether oxygens (including phenoxy) is 5. The molecule has 3 saturated heterocycles. The van der Waals surface area contributed by atoms with E-state index in [1.807, 2.05) is 133 Å². The SMILES string of the molecule is C.CCOC(=O)CCn1c(=O)n(Cc2cccc3ccccc23)c2ccc(C(=O)NCC3CCCO3)cc21.CCOC(=O)CCn1c(=O)n(Cc2cccc3ccccc23)c2ccc(C(=O)O)cc21.CO.NCC1CCCO1.O=C(O)CCn1c(=O)n(Cc2cccc3ccccc23)c2ccc(C(=O)NCC3CCCO3)cc21. The zero-order valence-corrected chi connectivity index (χ0v) is 63.1. The molecule has 6 heterocycles. The standard InChI is InChI=1S/C29H31N3O5.C27H27N3O5.C24H22N2O5.C5H11NO.CH4O.CH4/c1-2-36-27(33)14-15-31-26-17-21(28(34)30-18-23-10-6-16-37-23)12-13-25(26)32(29(31)35)19-22-9-5-8-20-7-3-4-11-24(20)22;31-25(32)12-13-29-24-15-19(26(33)28-16-21-8-4-14-35-21)10-11-23(24)30(27(29)34)17-20-7-3-6-18-5-1-2-9-22(18)20;1-2-31-22(27)12-13-25-21-14-17(23(28)29)10-11-20(21)26(24(25)30)15-18-8-5-7-16-6-3-4-9-19(16)18;6-4-5-2-1-3-7-5;1-2;/h3-5,7-9,11-13,17,23H,2,6,10,14-16,18-19H2,1H3,(H,30,34);1-3,5-7,9-11,15,21H,4,8,12-14,16-17H2,(H,28,33)(H,31,32);3-11,14H,2,12-13,15H2,1H3,(H,28,29);5H,1-4,6H2;2H,1H3;1H4. The van der Waals surface area contributed by atoms with Gasteiger partial charge in [0.15, 0.2) is 0 Å². The molecule has 594 valence electrons. The number of hydrogen-bond donors (Lipinski definition) is 6. The van der Waals surface area contributed by atoms with Crippen molar-refractivity contribution in [1.29, 1.82) is 0 Å². The number of nitrogens with one attached hydrogen (secondary N) is 2. The van der Waals surface area contributed by atoms with Crippen LogP contribution < -0.4 is 33.4 Å². The molecule has 9 aromatic carbocycles. The number of carbonyl (C=O) groups is 6. The summed E-state index contributed by atoms with van der Waals surface area (Å²) in [6.45, 7) is 9.29. The number of aliphatic hydroxyl groups excluding tert-OH is 1. The van der Waals surface area contributed by atoms with Crippen molar-refractivity contribution in [1.82, 2.24) is 38.0 Å². The Kier molecular flexibility index (Phi) is 29.9. The number of fused-ring (bicyclic) bond motifs is 6. The van der Waals surface area contributed by atoms with E-state index in [4.69, 9.17) is 34.5 Å². The van der Waals surface area contributed by atoms with E-state index in [9.17, 15) is 53.4 Å². The number of aromatic nitrogens is 6. The number of aryl methyl sites for hydroxylation is 3. The molecule has 0 saturated carbocycles. The molecule has 3 unspecified atom stereocenters. The second kappa shape index (κ2) is 40.4. The largest absolute Gasteiger partial charge is 0.481 e. The molecule has 26 nitrogen and oxygen atoms in total. The summed E-state index contributed by atoms with van der Waals surface area (Å²) in [5.41, 5.74) is 12.0. The Hall–Kier alpha value is -11.8. The average Bonchev–Trinajstić information content (AvgIpc) is 1.63. The zero-order valence-electron chi connectivity index (χ0n) is 63.1. The van der Waals surface area contributed by atoms with Gasteiger partial charge in [-0.2, -0.15) is 0 Å². The van der Waals surface area contributed by atoms with Gasteiger partial charge >= 0.3 is 40.9 Å². The van der Waals surface area contributed by atoms with Crippen molar-refractivity contribution in [3.05, 3.63) is 247 Å². The fraction of sp³-hybridized carbons (Fsp3) is 0.345.